The lowest BCUT2D eigenvalue weighted by Crippen LogP contribution is -1.83. The van der Waals surface area contributed by atoms with Gasteiger partial charge in [-0.25, -0.2) is 4.89 Å². The molecule has 0 aliphatic heterocycles. The molecule has 3 heteroatoms. The molecule has 0 saturated carbocycles. The van der Waals surface area contributed by atoms with Gasteiger partial charge >= 0.3 is 0 Å². The van der Waals surface area contributed by atoms with Crippen molar-refractivity contribution in [1.82, 2.24) is 0 Å². The van der Waals surface area contributed by atoms with Crippen molar-refractivity contribution in [1.29, 1.82) is 0 Å². The average Bonchev–Trinajstić information content (AvgIpc) is 1.61. The highest BCUT2D eigenvalue weighted by molar-refractivity contribution is 9.05. The van der Waals surface area contributed by atoms with Gasteiger partial charge in [0, 0.05) is 0 Å². The maximum Gasteiger partial charge on any atom is 0.142 e. The van der Waals surface area contributed by atoms with Crippen molar-refractivity contribution in [3.63, 3.8) is 0 Å². The van der Waals surface area contributed by atoms with Gasteiger partial charge in [0.05, 0.1) is 6.61 Å². The SMILES string of the molecule is CCCOOBr. The fourth-order valence-electron chi connectivity index (χ4n) is 0.115. The summed E-state index contributed by atoms with van der Waals surface area (Å²) >= 11 is 2.63. The van der Waals surface area contributed by atoms with Crippen LogP contribution in [0.15, 0.2) is 0 Å². The van der Waals surface area contributed by atoms with Crippen LogP contribution in [0.3, 0.4) is 0 Å². The standard InChI is InChI=1S/C3H7BrO2/c1-2-3-5-6-4/h2-3H2,1H3. The molecule has 0 aromatic rings. The number of hydrogen-bond acceptors (Lipinski definition) is 2. The van der Waals surface area contributed by atoms with Gasteiger partial charge in [-0.1, -0.05) is 6.92 Å². The zero-order chi connectivity index (χ0) is 4.83. The van der Waals surface area contributed by atoms with Crippen LogP contribution in [-0.4, -0.2) is 6.61 Å². The molecule has 0 aliphatic carbocycles. The fourth-order valence-corrected chi connectivity index (χ4v) is 0.247. The highest BCUT2D eigenvalue weighted by Crippen LogP contribution is 1.86. The van der Waals surface area contributed by atoms with Gasteiger partial charge < -0.3 is 0 Å². The van der Waals surface area contributed by atoms with E-state index in [4.69, 9.17) is 0 Å². The number of hydrogen-bond donors (Lipinski definition) is 0. The van der Waals surface area contributed by atoms with E-state index in [9.17, 15) is 0 Å². The summed E-state index contributed by atoms with van der Waals surface area (Å²) in [6.07, 6.45) is 0.978. The minimum absolute atomic E-state index is 0.644. The number of rotatable bonds is 3. The molecule has 0 aromatic heterocycles. The Morgan fingerprint density at radius 2 is 2.33 bits per heavy atom. The predicted octanol–water partition coefficient (Wildman–Crippen LogP) is 1.65. The predicted molar refractivity (Wildman–Crippen MR) is 26.3 cm³/mol. The van der Waals surface area contributed by atoms with Crippen LogP contribution in [0, 0.1) is 0 Å². The molecule has 2 nitrogen and oxygen atoms in total. The van der Waals surface area contributed by atoms with Crippen LogP contribution in [0.5, 0.6) is 0 Å². The Kier molecular flexibility index (Phi) is 5.76. The maximum absolute atomic E-state index is 4.40. The van der Waals surface area contributed by atoms with Crippen LogP contribution in [0.25, 0.3) is 0 Å². The molecule has 0 rings (SSSR count). The Bertz CT molecular complexity index is 20.8. The van der Waals surface area contributed by atoms with Crippen molar-refractivity contribution in [2.24, 2.45) is 0 Å². The second-order valence-electron chi connectivity index (χ2n) is 0.885. The smallest absolute Gasteiger partial charge is 0.142 e. The zero-order valence-corrected chi connectivity index (χ0v) is 5.19. The van der Waals surface area contributed by atoms with Gasteiger partial charge in [0.1, 0.15) is 16.3 Å². The highest BCUT2D eigenvalue weighted by atomic mass is 79.9. The van der Waals surface area contributed by atoms with Crippen molar-refractivity contribution in [3.8, 4) is 0 Å². The summed E-state index contributed by atoms with van der Waals surface area (Å²) in [5.74, 6) is 0. The van der Waals surface area contributed by atoms with Gasteiger partial charge in [0.15, 0.2) is 0 Å². The van der Waals surface area contributed by atoms with Crippen LogP contribution in [0.1, 0.15) is 13.3 Å². The molecule has 0 amide bonds. The molecule has 0 N–H and O–H groups in total. The highest BCUT2D eigenvalue weighted by Gasteiger charge is 1.75. The van der Waals surface area contributed by atoms with E-state index < -0.39 is 0 Å². The van der Waals surface area contributed by atoms with Gasteiger partial charge in [-0.15, -0.1) is 0 Å². The number of halogens is 1. The lowest BCUT2D eigenvalue weighted by Gasteiger charge is -1.88. The van der Waals surface area contributed by atoms with E-state index in [0.29, 0.717) is 6.61 Å². The summed E-state index contributed by atoms with van der Waals surface area (Å²) in [6.45, 7) is 2.65. The van der Waals surface area contributed by atoms with Crippen LogP contribution in [0.4, 0.5) is 0 Å². The Balaban J connectivity index is 2.34. The average molecular weight is 155 g/mol. The molecule has 0 radical (unpaired) electrons. The van der Waals surface area contributed by atoms with E-state index >= 15 is 0 Å². The van der Waals surface area contributed by atoms with Gasteiger partial charge in [0.2, 0.25) is 0 Å². The summed E-state index contributed by atoms with van der Waals surface area (Å²) in [4.78, 5) is 4.40. The molecule has 0 bridgehead atoms. The second kappa shape index (κ2) is 5.40. The Morgan fingerprint density at radius 1 is 1.67 bits per heavy atom. The molecule has 0 spiro atoms. The molecule has 38 valence electrons. The monoisotopic (exact) mass is 154 g/mol. The molecule has 0 saturated heterocycles. The topological polar surface area (TPSA) is 18.5 Å². The molecule has 0 aromatic carbocycles. The van der Waals surface area contributed by atoms with Crippen molar-refractivity contribution >= 4 is 16.3 Å². The maximum atomic E-state index is 4.40. The van der Waals surface area contributed by atoms with Gasteiger partial charge in [-0.05, 0) is 6.42 Å². The summed E-state index contributed by atoms with van der Waals surface area (Å²) in [6, 6.07) is 0. The summed E-state index contributed by atoms with van der Waals surface area (Å²) in [5.41, 5.74) is 0. The third-order valence-electron chi connectivity index (χ3n) is 0.332. The minimum Gasteiger partial charge on any atom is -0.225 e. The molecule has 0 heterocycles. The Hall–Kier alpha value is 0.400. The molecule has 0 unspecified atom stereocenters. The quantitative estimate of drug-likeness (QED) is 0.350. The summed E-state index contributed by atoms with van der Waals surface area (Å²) in [7, 11) is 0. The molecule has 0 aliphatic rings. The third-order valence-corrected chi connectivity index (χ3v) is 0.519. The van der Waals surface area contributed by atoms with E-state index in [-0.39, 0.29) is 0 Å². The van der Waals surface area contributed by atoms with Crippen molar-refractivity contribution < 1.29 is 8.87 Å². The third kappa shape index (κ3) is 4.40. The summed E-state index contributed by atoms with van der Waals surface area (Å²) < 4.78 is 4.09. The Labute approximate surface area is 45.8 Å². The normalized spacial score (nSPS) is 9.00. The summed E-state index contributed by atoms with van der Waals surface area (Å²) in [5, 5.41) is 0. The van der Waals surface area contributed by atoms with Crippen molar-refractivity contribution in [3.05, 3.63) is 0 Å². The van der Waals surface area contributed by atoms with Crippen molar-refractivity contribution in [2.75, 3.05) is 6.61 Å². The molecular formula is C3H7BrO2. The van der Waals surface area contributed by atoms with Crippen LogP contribution < -0.4 is 0 Å². The first-order chi connectivity index (χ1) is 2.91. The molecule has 0 atom stereocenters. The van der Waals surface area contributed by atoms with E-state index in [0.717, 1.165) is 6.42 Å². The fraction of sp³-hybridized carbons (Fsp3) is 1.00. The first-order valence-corrected chi connectivity index (χ1v) is 2.46. The van der Waals surface area contributed by atoms with Gasteiger partial charge in [-0.3, -0.25) is 0 Å². The molecule has 0 fully saturated rings. The van der Waals surface area contributed by atoms with Crippen LogP contribution in [0.2, 0.25) is 0 Å². The largest absolute Gasteiger partial charge is 0.225 e. The minimum atomic E-state index is 0.644. The lowest BCUT2D eigenvalue weighted by molar-refractivity contribution is -0.180. The lowest BCUT2D eigenvalue weighted by atomic mass is 10.5. The van der Waals surface area contributed by atoms with E-state index in [1.807, 2.05) is 6.92 Å². The van der Waals surface area contributed by atoms with E-state index in [1.54, 1.807) is 0 Å². The Morgan fingerprint density at radius 3 is 2.50 bits per heavy atom. The van der Waals surface area contributed by atoms with Crippen LogP contribution >= 0.6 is 16.3 Å². The molecular weight excluding hydrogens is 148 g/mol. The van der Waals surface area contributed by atoms with Crippen LogP contribution in [-0.2, 0) is 8.87 Å². The molecule has 6 heavy (non-hydrogen) atoms. The zero-order valence-electron chi connectivity index (χ0n) is 3.61. The second-order valence-corrected chi connectivity index (χ2v) is 1.15. The van der Waals surface area contributed by atoms with Gasteiger partial charge in [0.25, 0.3) is 0 Å². The van der Waals surface area contributed by atoms with Crippen molar-refractivity contribution in [2.45, 2.75) is 13.3 Å². The van der Waals surface area contributed by atoms with E-state index in [1.165, 1.54) is 0 Å². The van der Waals surface area contributed by atoms with E-state index in [2.05, 4.69) is 25.1 Å². The first-order valence-electron chi connectivity index (χ1n) is 1.82. The van der Waals surface area contributed by atoms with Gasteiger partial charge in [-0.2, -0.15) is 3.98 Å². The first kappa shape index (κ1) is 6.40.